The molecule has 0 saturated heterocycles. The van der Waals surface area contributed by atoms with Crippen LogP contribution in [0.4, 0.5) is 0 Å². The van der Waals surface area contributed by atoms with Crippen molar-refractivity contribution in [3.05, 3.63) is 94.3 Å². The van der Waals surface area contributed by atoms with Crippen LogP contribution in [0.25, 0.3) is 22.0 Å². The molecule has 1 aromatic carbocycles. The third-order valence-electron chi connectivity index (χ3n) is 6.16. The van der Waals surface area contributed by atoms with Crippen LogP contribution in [0.5, 0.6) is 0 Å². The zero-order chi connectivity index (χ0) is 16.7. The van der Waals surface area contributed by atoms with Crippen LogP contribution in [0.3, 0.4) is 0 Å². The Hall–Kier alpha value is -2.80. The molecule has 0 saturated carbocycles. The standard InChI is InChI=1S/C24H19N/c1-14-7-5-12-19-22-20-13-15-8-6-11-16(20)17-9-3-4-10-18(21(15)17)24(22)25(2)23(14)19/h3-7,9-13,17H,8H2,1-2H3. The third kappa shape index (κ3) is 1.50. The molecule has 0 spiro atoms. The molecule has 0 N–H and O–H groups in total. The lowest BCUT2D eigenvalue weighted by Gasteiger charge is -2.24. The van der Waals surface area contributed by atoms with Gasteiger partial charge in [-0.2, -0.15) is 0 Å². The van der Waals surface area contributed by atoms with Gasteiger partial charge in [-0.05, 0) is 41.2 Å². The van der Waals surface area contributed by atoms with Gasteiger partial charge in [-0.3, -0.25) is 0 Å². The fourth-order valence-corrected chi connectivity index (χ4v) is 5.21. The van der Waals surface area contributed by atoms with Gasteiger partial charge in [-0.1, -0.05) is 60.7 Å². The summed E-state index contributed by atoms with van der Waals surface area (Å²) in [6.07, 6.45) is 17.3. The van der Waals surface area contributed by atoms with Crippen LogP contribution >= 0.6 is 0 Å². The lowest BCUT2D eigenvalue weighted by molar-refractivity contribution is 0.921. The molecule has 2 aromatic rings. The van der Waals surface area contributed by atoms with Crippen molar-refractivity contribution < 1.29 is 0 Å². The van der Waals surface area contributed by atoms with Crippen LogP contribution in [0.15, 0.2) is 77.5 Å². The van der Waals surface area contributed by atoms with E-state index in [2.05, 4.69) is 79.3 Å². The number of allylic oxidation sites excluding steroid dienone is 12. The van der Waals surface area contributed by atoms with E-state index >= 15 is 0 Å². The van der Waals surface area contributed by atoms with Gasteiger partial charge in [0.2, 0.25) is 0 Å². The predicted octanol–water partition coefficient (Wildman–Crippen LogP) is 5.65. The van der Waals surface area contributed by atoms with E-state index in [-0.39, 0.29) is 0 Å². The van der Waals surface area contributed by atoms with E-state index < -0.39 is 0 Å². The Kier molecular flexibility index (Phi) is 2.39. The Morgan fingerprint density at radius 1 is 1.08 bits per heavy atom. The van der Waals surface area contributed by atoms with Crippen molar-refractivity contribution in [1.29, 1.82) is 0 Å². The van der Waals surface area contributed by atoms with Gasteiger partial charge in [-0.15, -0.1) is 0 Å². The Labute approximate surface area is 147 Å². The third-order valence-corrected chi connectivity index (χ3v) is 6.16. The fraction of sp³-hybridized carbons (Fsp3) is 0.167. The van der Waals surface area contributed by atoms with Gasteiger partial charge in [0.05, 0.1) is 11.2 Å². The molecule has 7 rings (SSSR count). The average molecular weight is 321 g/mol. The second-order valence-electron chi connectivity index (χ2n) is 7.45. The SMILES string of the molecule is Cc1cccc2c3c(n(C)c12)C1=C2C4=CC3=C(C=CC4)C2C=CC=C1. The molecule has 5 aliphatic rings. The topological polar surface area (TPSA) is 4.93 Å². The quantitative estimate of drug-likeness (QED) is 0.591. The first-order valence-electron chi connectivity index (χ1n) is 9.05. The summed E-state index contributed by atoms with van der Waals surface area (Å²) in [4.78, 5) is 0. The molecule has 5 aliphatic carbocycles. The molecular weight excluding hydrogens is 302 g/mol. The normalized spacial score (nSPS) is 22.5. The predicted molar refractivity (Wildman–Crippen MR) is 105 cm³/mol. The molecule has 1 heterocycles. The van der Waals surface area contributed by atoms with E-state index in [4.69, 9.17) is 0 Å². The number of nitrogens with zero attached hydrogens (tertiary/aromatic N) is 1. The minimum absolute atomic E-state index is 0.394. The van der Waals surface area contributed by atoms with Gasteiger partial charge in [0.15, 0.2) is 0 Å². The van der Waals surface area contributed by atoms with Gasteiger partial charge >= 0.3 is 0 Å². The Balaban J connectivity index is 1.90. The van der Waals surface area contributed by atoms with Crippen LogP contribution in [-0.4, -0.2) is 4.57 Å². The number of hydrogen-bond donors (Lipinski definition) is 0. The molecule has 0 aliphatic heterocycles. The van der Waals surface area contributed by atoms with Crippen LogP contribution < -0.4 is 0 Å². The highest BCUT2D eigenvalue weighted by Crippen LogP contribution is 2.53. The van der Waals surface area contributed by atoms with Crippen molar-refractivity contribution >= 4 is 22.0 Å². The number of aromatic nitrogens is 1. The Bertz CT molecular complexity index is 1170. The van der Waals surface area contributed by atoms with Gasteiger partial charge in [0.1, 0.15) is 0 Å². The van der Waals surface area contributed by atoms with Crippen LogP contribution in [0.2, 0.25) is 0 Å². The van der Waals surface area contributed by atoms with E-state index in [9.17, 15) is 0 Å². The van der Waals surface area contributed by atoms with E-state index in [0.717, 1.165) is 6.42 Å². The minimum atomic E-state index is 0.394. The highest BCUT2D eigenvalue weighted by atomic mass is 15.0. The molecule has 1 aromatic heterocycles. The van der Waals surface area contributed by atoms with Crippen LogP contribution in [-0.2, 0) is 7.05 Å². The molecule has 25 heavy (non-hydrogen) atoms. The number of hydrogen-bond acceptors (Lipinski definition) is 0. The minimum Gasteiger partial charge on any atom is -0.343 e. The van der Waals surface area contributed by atoms with Gasteiger partial charge in [0, 0.05) is 29.5 Å². The van der Waals surface area contributed by atoms with E-state index in [1.807, 2.05) is 0 Å². The zero-order valence-electron chi connectivity index (χ0n) is 14.5. The van der Waals surface area contributed by atoms with Crippen molar-refractivity contribution in [3.63, 3.8) is 0 Å². The van der Waals surface area contributed by atoms with E-state index in [0.29, 0.717) is 5.92 Å². The maximum absolute atomic E-state index is 2.46. The molecule has 1 atom stereocenters. The van der Waals surface area contributed by atoms with Gasteiger partial charge in [-0.25, -0.2) is 0 Å². The summed E-state index contributed by atoms with van der Waals surface area (Å²) in [5.74, 6) is 0.394. The summed E-state index contributed by atoms with van der Waals surface area (Å²) in [5.41, 5.74) is 12.8. The smallest absolute Gasteiger partial charge is 0.0571 e. The second kappa shape index (κ2) is 4.43. The van der Waals surface area contributed by atoms with Crippen LogP contribution in [0.1, 0.15) is 23.2 Å². The summed E-state index contributed by atoms with van der Waals surface area (Å²) >= 11 is 0. The molecule has 1 heteroatoms. The Morgan fingerprint density at radius 3 is 2.92 bits per heavy atom. The number of aryl methyl sites for hydroxylation is 2. The van der Waals surface area contributed by atoms with E-state index in [1.54, 1.807) is 0 Å². The van der Waals surface area contributed by atoms with Crippen molar-refractivity contribution in [2.75, 3.05) is 0 Å². The first-order chi connectivity index (χ1) is 12.3. The number of benzene rings is 1. The highest BCUT2D eigenvalue weighted by Gasteiger charge is 2.37. The molecule has 1 nitrogen and oxygen atoms in total. The maximum Gasteiger partial charge on any atom is 0.0571 e. The lowest BCUT2D eigenvalue weighted by Crippen LogP contribution is -2.10. The molecule has 0 amide bonds. The highest BCUT2D eigenvalue weighted by molar-refractivity contribution is 6.08. The van der Waals surface area contributed by atoms with Crippen molar-refractivity contribution in [2.24, 2.45) is 13.0 Å². The van der Waals surface area contributed by atoms with Gasteiger partial charge < -0.3 is 4.57 Å². The lowest BCUT2D eigenvalue weighted by atomic mass is 9.79. The first-order valence-corrected chi connectivity index (χ1v) is 9.05. The summed E-state index contributed by atoms with van der Waals surface area (Å²) < 4.78 is 2.42. The zero-order valence-corrected chi connectivity index (χ0v) is 14.5. The number of para-hydroxylation sites is 1. The van der Waals surface area contributed by atoms with Gasteiger partial charge in [0.25, 0.3) is 0 Å². The van der Waals surface area contributed by atoms with Crippen molar-refractivity contribution in [1.82, 2.24) is 4.57 Å². The summed E-state index contributed by atoms with van der Waals surface area (Å²) in [6.45, 7) is 2.22. The fourth-order valence-electron chi connectivity index (χ4n) is 5.21. The first kappa shape index (κ1) is 13.5. The van der Waals surface area contributed by atoms with Crippen molar-refractivity contribution in [2.45, 2.75) is 13.3 Å². The maximum atomic E-state index is 2.46. The molecule has 6 bridgehead atoms. The summed E-state index contributed by atoms with van der Waals surface area (Å²) in [6, 6.07) is 6.71. The largest absolute Gasteiger partial charge is 0.343 e. The number of fused-ring (bicyclic) bond motifs is 5. The molecule has 1 unspecified atom stereocenters. The molecular formula is C24H19N. The second-order valence-corrected chi connectivity index (χ2v) is 7.45. The summed E-state index contributed by atoms with van der Waals surface area (Å²) in [7, 11) is 2.23. The number of rotatable bonds is 0. The van der Waals surface area contributed by atoms with Crippen LogP contribution in [0, 0.1) is 12.8 Å². The molecule has 120 valence electrons. The monoisotopic (exact) mass is 321 g/mol. The molecule has 0 fully saturated rings. The Morgan fingerprint density at radius 2 is 2.00 bits per heavy atom. The van der Waals surface area contributed by atoms with E-state index in [1.165, 1.54) is 55.6 Å². The average Bonchev–Trinajstić information content (AvgIpc) is 2.94. The molecule has 0 radical (unpaired) electrons. The summed E-state index contributed by atoms with van der Waals surface area (Å²) in [5, 5.41) is 1.38. The van der Waals surface area contributed by atoms with Crippen molar-refractivity contribution in [3.8, 4) is 0 Å².